The molecule has 0 amide bonds. The molecule has 3 nitrogen and oxygen atoms in total. The van der Waals surface area contributed by atoms with Crippen molar-refractivity contribution in [2.24, 2.45) is 4.99 Å². The van der Waals surface area contributed by atoms with Crippen LogP contribution in [-0.2, 0) is 0 Å². The second kappa shape index (κ2) is 12.3. The average Bonchev–Trinajstić information content (AvgIpc) is 2.78. The smallest absolute Gasteiger partial charge is 0.0812 e. The molecule has 33 heavy (non-hydrogen) atoms. The lowest BCUT2D eigenvalue weighted by molar-refractivity contribution is 0.835. The second-order valence-corrected chi connectivity index (χ2v) is 9.77. The molecule has 0 atom stereocenters. The number of anilines is 1. The van der Waals surface area contributed by atoms with Gasteiger partial charge in [-0.15, -0.1) is 0 Å². The van der Waals surface area contributed by atoms with Crippen molar-refractivity contribution in [2.45, 2.75) is 79.1 Å². The van der Waals surface area contributed by atoms with E-state index >= 15 is 0 Å². The molecule has 3 aromatic rings. The van der Waals surface area contributed by atoms with Gasteiger partial charge in [0.1, 0.15) is 0 Å². The maximum atomic E-state index is 6.09. The first-order valence-corrected chi connectivity index (χ1v) is 12.1. The Morgan fingerprint density at radius 1 is 0.636 bits per heavy atom. The lowest BCUT2D eigenvalue weighted by atomic mass is 9.93. The van der Waals surface area contributed by atoms with Gasteiger partial charge in [0.05, 0.1) is 17.6 Å². The van der Waals surface area contributed by atoms with E-state index in [1.54, 1.807) is 6.20 Å². The van der Waals surface area contributed by atoms with Gasteiger partial charge in [0.15, 0.2) is 0 Å². The molecule has 0 aliphatic rings. The van der Waals surface area contributed by atoms with Crippen LogP contribution in [0.4, 0.5) is 11.4 Å². The van der Waals surface area contributed by atoms with E-state index in [4.69, 9.17) is 10.7 Å². The molecule has 0 aliphatic carbocycles. The van der Waals surface area contributed by atoms with Crippen molar-refractivity contribution in [3.8, 4) is 0 Å². The van der Waals surface area contributed by atoms with E-state index in [0.717, 1.165) is 17.1 Å². The van der Waals surface area contributed by atoms with Crippen molar-refractivity contribution < 1.29 is 0 Å². The van der Waals surface area contributed by atoms with Gasteiger partial charge in [-0.25, -0.2) is 0 Å². The van der Waals surface area contributed by atoms with E-state index in [9.17, 15) is 0 Å². The number of pyridine rings is 1. The van der Waals surface area contributed by atoms with Crippen LogP contribution in [0.1, 0.15) is 107 Å². The molecule has 2 aromatic carbocycles. The maximum absolute atomic E-state index is 6.09. The highest BCUT2D eigenvalue weighted by molar-refractivity contribution is 5.80. The van der Waals surface area contributed by atoms with Crippen molar-refractivity contribution in [1.29, 1.82) is 0 Å². The summed E-state index contributed by atoms with van der Waals surface area (Å²) < 4.78 is 0. The first kappa shape index (κ1) is 26.3. The van der Waals surface area contributed by atoms with Gasteiger partial charge in [0, 0.05) is 11.9 Å². The number of hydrogen-bond donors (Lipinski definition) is 1. The number of nitrogens with two attached hydrogens (primary N) is 1. The molecule has 0 saturated carbocycles. The van der Waals surface area contributed by atoms with E-state index in [0.29, 0.717) is 23.7 Å². The molecule has 3 rings (SSSR count). The predicted octanol–water partition coefficient (Wildman–Crippen LogP) is 8.59. The van der Waals surface area contributed by atoms with Gasteiger partial charge in [-0.2, -0.15) is 0 Å². The van der Waals surface area contributed by atoms with E-state index in [-0.39, 0.29) is 0 Å². The van der Waals surface area contributed by atoms with Gasteiger partial charge in [0.25, 0.3) is 0 Å². The highest BCUT2D eigenvalue weighted by Gasteiger charge is 2.12. The number of nitrogen functional groups attached to an aromatic ring is 1. The van der Waals surface area contributed by atoms with E-state index in [1.165, 1.54) is 22.3 Å². The van der Waals surface area contributed by atoms with Crippen molar-refractivity contribution in [1.82, 2.24) is 4.98 Å². The van der Waals surface area contributed by atoms with Gasteiger partial charge < -0.3 is 5.73 Å². The van der Waals surface area contributed by atoms with Crippen molar-refractivity contribution in [3.63, 3.8) is 0 Å². The minimum atomic E-state index is 0.463. The van der Waals surface area contributed by atoms with E-state index < -0.39 is 0 Å². The third-order valence-electron chi connectivity index (χ3n) is 5.77. The van der Waals surface area contributed by atoms with Gasteiger partial charge in [0.2, 0.25) is 0 Å². The Morgan fingerprint density at radius 3 is 1.48 bits per heavy atom. The molecule has 0 unspecified atom stereocenters. The third-order valence-corrected chi connectivity index (χ3v) is 5.77. The number of aromatic nitrogens is 1. The van der Waals surface area contributed by atoms with Crippen molar-refractivity contribution in [3.05, 3.63) is 88.7 Å². The van der Waals surface area contributed by atoms with Crippen LogP contribution in [0.2, 0.25) is 0 Å². The highest BCUT2D eigenvalue weighted by atomic mass is 14.8. The number of aliphatic imine (C=N–C) groups is 1. The average molecular weight is 444 g/mol. The van der Waals surface area contributed by atoms with Crippen molar-refractivity contribution in [2.75, 3.05) is 5.73 Å². The SMILES string of the molecule is CC(C)c1cccc(C(C)C)c1/N=C/c1ccccn1.CC(C)c1cccc(C(C)C)c1N. The van der Waals surface area contributed by atoms with Crippen LogP contribution >= 0.6 is 0 Å². The summed E-state index contributed by atoms with van der Waals surface area (Å²) in [5.41, 5.74) is 14.2. The molecule has 2 N–H and O–H groups in total. The predicted molar refractivity (Wildman–Crippen MR) is 145 cm³/mol. The van der Waals surface area contributed by atoms with Gasteiger partial charge in [-0.1, -0.05) is 97.9 Å². The molecule has 0 saturated heterocycles. The molecule has 0 spiro atoms. The van der Waals surface area contributed by atoms with E-state index in [1.807, 2.05) is 24.4 Å². The van der Waals surface area contributed by atoms with Gasteiger partial charge >= 0.3 is 0 Å². The zero-order valence-electron chi connectivity index (χ0n) is 21.6. The molecule has 0 aliphatic heterocycles. The van der Waals surface area contributed by atoms with Crippen LogP contribution in [-0.4, -0.2) is 11.2 Å². The minimum Gasteiger partial charge on any atom is -0.398 e. The van der Waals surface area contributed by atoms with Gasteiger partial charge in [-0.05, 0) is 58.1 Å². The molecular formula is C30H41N3. The Kier molecular flexibility index (Phi) is 9.84. The van der Waals surface area contributed by atoms with Crippen LogP contribution < -0.4 is 5.73 Å². The minimum absolute atomic E-state index is 0.463. The van der Waals surface area contributed by atoms with Gasteiger partial charge in [-0.3, -0.25) is 9.98 Å². The summed E-state index contributed by atoms with van der Waals surface area (Å²) >= 11 is 0. The fourth-order valence-corrected chi connectivity index (χ4v) is 3.85. The molecule has 0 radical (unpaired) electrons. The largest absolute Gasteiger partial charge is 0.398 e. The van der Waals surface area contributed by atoms with Crippen LogP contribution in [0.25, 0.3) is 0 Å². The monoisotopic (exact) mass is 443 g/mol. The Labute approximate surface area is 201 Å². The van der Waals surface area contributed by atoms with Crippen LogP contribution in [0.15, 0.2) is 65.8 Å². The first-order chi connectivity index (χ1) is 15.6. The first-order valence-electron chi connectivity index (χ1n) is 12.1. The third kappa shape index (κ3) is 7.28. The zero-order valence-corrected chi connectivity index (χ0v) is 21.6. The summed E-state index contributed by atoms with van der Waals surface area (Å²) in [7, 11) is 0. The summed E-state index contributed by atoms with van der Waals surface area (Å²) in [6, 6.07) is 18.7. The molecule has 3 heteroatoms. The fraction of sp³-hybridized carbons (Fsp3) is 0.400. The molecule has 0 bridgehead atoms. The summed E-state index contributed by atoms with van der Waals surface area (Å²) in [6.45, 7) is 17.5. The molecular weight excluding hydrogens is 402 g/mol. The zero-order chi connectivity index (χ0) is 24.5. The quantitative estimate of drug-likeness (QED) is 0.306. The maximum Gasteiger partial charge on any atom is 0.0812 e. The summed E-state index contributed by atoms with van der Waals surface area (Å²) in [6.07, 6.45) is 3.64. The number of para-hydroxylation sites is 2. The normalized spacial score (nSPS) is 11.5. The Hall–Kier alpha value is -2.94. The second-order valence-electron chi connectivity index (χ2n) is 9.77. The Bertz CT molecular complexity index is 979. The molecule has 0 fully saturated rings. The topological polar surface area (TPSA) is 51.3 Å². The summed E-state index contributed by atoms with van der Waals surface area (Å²) in [5, 5.41) is 0. The number of benzene rings is 2. The van der Waals surface area contributed by atoms with Crippen LogP contribution in [0, 0.1) is 0 Å². The van der Waals surface area contributed by atoms with Crippen LogP contribution in [0.3, 0.4) is 0 Å². The fourth-order valence-electron chi connectivity index (χ4n) is 3.85. The summed E-state index contributed by atoms with van der Waals surface area (Å²) in [5.74, 6) is 1.95. The molecule has 1 heterocycles. The molecule has 176 valence electrons. The number of nitrogens with zero attached hydrogens (tertiary/aromatic N) is 2. The Morgan fingerprint density at radius 2 is 1.09 bits per heavy atom. The molecule has 1 aromatic heterocycles. The lowest BCUT2D eigenvalue weighted by Crippen LogP contribution is -2.02. The number of hydrogen-bond acceptors (Lipinski definition) is 3. The standard InChI is InChI=1S/C18H22N2.C12H19N/c1-13(2)16-9-7-10-17(14(3)4)18(16)20-12-15-8-5-6-11-19-15;1-8(2)10-6-5-7-11(9(3)4)12(10)13/h5-14H,1-4H3;5-9H,13H2,1-4H3/b20-12+;. The highest BCUT2D eigenvalue weighted by Crippen LogP contribution is 2.34. The lowest BCUT2D eigenvalue weighted by Gasteiger charge is -2.16. The van der Waals surface area contributed by atoms with Crippen molar-refractivity contribution >= 4 is 17.6 Å². The van der Waals surface area contributed by atoms with Crippen LogP contribution in [0.5, 0.6) is 0 Å². The van der Waals surface area contributed by atoms with E-state index in [2.05, 4.69) is 96.8 Å². The Balaban J connectivity index is 0.000000257. The summed E-state index contributed by atoms with van der Waals surface area (Å²) in [4.78, 5) is 9.02. The number of rotatable bonds is 6.